The first-order valence-corrected chi connectivity index (χ1v) is 9.54. The molecule has 0 aliphatic carbocycles. The lowest BCUT2D eigenvalue weighted by molar-refractivity contribution is -0.144. The third kappa shape index (κ3) is 3.81. The Kier molecular flexibility index (Phi) is 5.74. The number of ether oxygens (including phenoxy) is 1. The van der Waals surface area contributed by atoms with Crippen LogP contribution >= 0.6 is 23.4 Å². The molecule has 1 saturated heterocycles. The SMILES string of the molecule is COC(=O)C1CSC(c2ccccc2Cl)N1C(=O)Nc1cccc(C)c1. The van der Waals surface area contributed by atoms with E-state index in [1.165, 1.54) is 23.8 Å². The maximum Gasteiger partial charge on any atom is 0.329 e. The first kappa shape index (κ1) is 18.6. The van der Waals surface area contributed by atoms with Gasteiger partial charge in [0.1, 0.15) is 11.4 Å². The third-order valence-corrected chi connectivity index (χ3v) is 5.80. The lowest BCUT2D eigenvalue weighted by Crippen LogP contribution is -2.45. The van der Waals surface area contributed by atoms with E-state index in [2.05, 4.69) is 5.32 Å². The predicted octanol–water partition coefficient (Wildman–Crippen LogP) is 4.47. The number of nitrogens with zero attached hydrogens (tertiary/aromatic N) is 1. The standard InChI is InChI=1S/C19H19ClN2O3S/c1-12-6-5-7-13(10-12)21-19(24)22-16(18(23)25-2)11-26-17(22)14-8-3-4-9-15(14)20/h3-10,16-17H,11H2,1-2H3,(H,21,24). The lowest BCUT2D eigenvalue weighted by atomic mass is 10.2. The van der Waals surface area contributed by atoms with Gasteiger partial charge in [0.05, 0.1) is 7.11 Å². The Morgan fingerprint density at radius 2 is 2.00 bits per heavy atom. The quantitative estimate of drug-likeness (QED) is 0.785. The van der Waals surface area contributed by atoms with Crippen LogP contribution in [-0.2, 0) is 9.53 Å². The van der Waals surface area contributed by atoms with E-state index < -0.39 is 12.0 Å². The van der Waals surface area contributed by atoms with Gasteiger partial charge in [0, 0.05) is 22.0 Å². The molecule has 0 radical (unpaired) electrons. The van der Waals surface area contributed by atoms with E-state index in [-0.39, 0.29) is 11.4 Å². The highest BCUT2D eigenvalue weighted by molar-refractivity contribution is 7.99. The van der Waals surface area contributed by atoms with Crippen LogP contribution in [0.2, 0.25) is 5.02 Å². The van der Waals surface area contributed by atoms with Gasteiger partial charge in [-0.3, -0.25) is 4.90 Å². The number of hydrogen-bond acceptors (Lipinski definition) is 4. The van der Waals surface area contributed by atoms with Gasteiger partial charge in [-0.05, 0) is 30.7 Å². The number of halogens is 1. The van der Waals surface area contributed by atoms with E-state index in [4.69, 9.17) is 16.3 Å². The molecule has 2 unspecified atom stereocenters. The molecule has 0 bridgehead atoms. The summed E-state index contributed by atoms with van der Waals surface area (Å²) in [5.74, 6) is 0.00974. The van der Waals surface area contributed by atoms with Crippen molar-refractivity contribution in [2.75, 3.05) is 18.2 Å². The summed E-state index contributed by atoms with van der Waals surface area (Å²) in [7, 11) is 1.33. The minimum atomic E-state index is -0.670. The largest absolute Gasteiger partial charge is 0.467 e. The summed E-state index contributed by atoms with van der Waals surface area (Å²) < 4.78 is 4.89. The smallest absolute Gasteiger partial charge is 0.329 e. The van der Waals surface area contributed by atoms with Gasteiger partial charge in [0.15, 0.2) is 0 Å². The molecule has 26 heavy (non-hydrogen) atoms. The molecule has 7 heteroatoms. The summed E-state index contributed by atoms with van der Waals surface area (Å²) in [6.07, 6.45) is 0. The second kappa shape index (κ2) is 8.01. The Bertz CT molecular complexity index is 830. The number of carbonyl (C=O) groups excluding carboxylic acids is 2. The average molecular weight is 391 g/mol. The van der Waals surface area contributed by atoms with Crippen molar-refractivity contribution in [3.05, 3.63) is 64.7 Å². The molecular formula is C19H19ClN2O3S. The van der Waals surface area contributed by atoms with Gasteiger partial charge in [0.2, 0.25) is 0 Å². The molecule has 0 saturated carbocycles. The molecule has 1 fully saturated rings. The minimum Gasteiger partial charge on any atom is -0.467 e. The molecular weight excluding hydrogens is 372 g/mol. The number of aryl methyl sites for hydroxylation is 1. The van der Waals surface area contributed by atoms with Gasteiger partial charge in [-0.25, -0.2) is 9.59 Å². The summed E-state index contributed by atoms with van der Waals surface area (Å²) in [5, 5.41) is 3.07. The molecule has 1 heterocycles. The topological polar surface area (TPSA) is 58.6 Å². The van der Waals surface area contributed by atoms with Crippen molar-refractivity contribution in [3.63, 3.8) is 0 Å². The van der Waals surface area contributed by atoms with Gasteiger partial charge < -0.3 is 10.1 Å². The summed E-state index contributed by atoms with van der Waals surface area (Å²) in [4.78, 5) is 26.7. The van der Waals surface area contributed by atoms with Gasteiger partial charge >= 0.3 is 12.0 Å². The highest BCUT2D eigenvalue weighted by Gasteiger charge is 2.43. The van der Waals surface area contributed by atoms with Crippen LogP contribution in [-0.4, -0.2) is 35.8 Å². The molecule has 2 atom stereocenters. The van der Waals surface area contributed by atoms with Crippen molar-refractivity contribution in [3.8, 4) is 0 Å². The number of methoxy groups -OCH3 is 1. The van der Waals surface area contributed by atoms with E-state index >= 15 is 0 Å². The number of esters is 1. The second-order valence-corrected chi connectivity index (χ2v) is 7.47. The van der Waals surface area contributed by atoms with E-state index in [0.29, 0.717) is 16.5 Å². The number of thioether (sulfide) groups is 1. The van der Waals surface area contributed by atoms with Crippen molar-refractivity contribution in [1.29, 1.82) is 0 Å². The Balaban J connectivity index is 1.92. The highest BCUT2D eigenvalue weighted by atomic mass is 35.5. The van der Waals surface area contributed by atoms with Crippen molar-refractivity contribution in [2.24, 2.45) is 0 Å². The summed E-state index contributed by atoms with van der Waals surface area (Å²) in [6, 6.07) is 13.8. The molecule has 0 spiro atoms. The second-order valence-electron chi connectivity index (χ2n) is 5.95. The van der Waals surface area contributed by atoms with Crippen LogP contribution in [0.5, 0.6) is 0 Å². The summed E-state index contributed by atoms with van der Waals surface area (Å²) in [6.45, 7) is 1.95. The van der Waals surface area contributed by atoms with Gasteiger partial charge in [-0.1, -0.05) is 41.9 Å². The van der Waals surface area contributed by atoms with Crippen molar-refractivity contribution >= 4 is 41.1 Å². The van der Waals surface area contributed by atoms with Crippen LogP contribution in [0, 0.1) is 6.92 Å². The van der Waals surface area contributed by atoms with Crippen molar-refractivity contribution in [1.82, 2.24) is 4.90 Å². The zero-order chi connectivity index (χ0) is 18.7. The number of benzene rings is 2. The van der Waals surface area contributed by atoms with Crippen LogP contribution < -0.4 is 5.32 Å². The van der Waals surface area contributed by atoms with Crippen LogP contribution in [0.3, 0.4) is 0 Å². The molecule has 136 valence electrons. The number of amides is 2. The van der Waals surface area contributed by atoms with Gasteiger partial charge in [-0.15, -0.1) is 11.8 Å². The van der Waals surface area contributed by atoms with E-state index in [9.17, 15) is 9.59 Å². The first-order valence-electron chi connectivity index (χ1n) is 8.11. The molecule has 2 aromatic carbocycles. The van der Waals surface area contributed by atoms with Crippen molar-refractivity contribution in [2.45, 2.75) is 18.3 Å². The maximum atomic E-state index is 13.0. The Hall–Kier alpha value is -2.18. The number of urea groups is 1. The minimum absolute atomic E-state index is 0.360. The fraction of sp³-hybridized carbons (Fsp3) is 0.263. The Labute approximate surface area is 161 Å². The molecule has 2 aromatic rings. The molecule has 2 amide bonds. The van der Waals surface area contributed by atoms with E-state index in [0.717, 1.165) is 11.1 Å². The predicted molar refractivity (Wildman–Crippen MR) is 104 cm³/mol. The fourth-order valence-electron chi connectivity index (χ4n) is 2.90. The Morgan fingerprint density at radius 1 is 1.23 bits per heavy atom. The Morgan fingerprint density at radius 3 is 2.69 bits per heavy atom. The summed E-state index contributed by atoms with van der Waals surface area (Å²) >= 11 is 7.82. The van der Waals surface area contributed by atoms with E-state index in [1.807, 2.05) is 49.4 Å². The molecule has 3 rings (SSSR count). The van der Waals surface area contributed by atoms with Crippen LogP contribution in [0.1, 0.15) is 16.5 Å². The maximum absolute atomic E-state index is 13.0. The van der Waals surface area contributed by atoms with Gasteiger partial charge in [0.25, 0.3) is 0 Å². The average Bonchev–Trinajstić information content (AvgIpc) is 3.06. The van der Waals surface area contributed by atoms with Crippen molar-refractivity contribution < 1.29 is 14.3 Å². The fourth-order valence-corrected chi connectivity index (χ4v) is 4.65. The zero-order valence-electron chi connectivity index (χ0n) is 14.4. The summed E-state index contributed by atoms with van der Waals surface area (Å²) in [5.41, 5.74) is 2.50. The van der Waals surface area contributed by atoms with Crippen LogP contribution in [0.4, 0.5) is 10.5 Å². The molecule has 5 nitrogen and oxygen atoms in total. The molecule has 1 aliphatic rings. The highest BCUT2D eigenvalue weighted by Crippen LogP contribution is 2.44. The number of rotatable bonds is 3. The number of carbonyl (C=O) groups is 2. The van der Waals surface area contributed by atoms with Crippen LogP contribution in [0.25, 0.3) is 0 Å². The number of nitrogens with one attached hydrogen (secondary N) is 1. The molecule has 1 aliphatic heterocycles. The molecule has 0 aromatic heterocycles. The van der Waals surface area contributed by atoms with Crippen LogP contribution in [0.15, 0.2) is 48.5 Å². The zero-order valence-corrected chi connectivity index (χ0v) is 16.0. The number of hydrogen-bond donors (Lipinski definition) is 1. The lowest BCUT2D eigenvalue weighted by Gasteiger charge is -2.29. The first-order chi connectivity index (χ1) is 12.5. The molecule has 1 N–H and O–H groups in total. The third-order valence-electron chi connectivity index (χ3n) is 4.15. The number of anilines is 1. The normalized spacial score (nSPS) is 19.3. The monoisotopic (exact) mass is 390 g/mol. The van der Waals surface area contributed by atoms with E-state index in [1.54, 1.807) is 6.07 Å². The van der Waals surface area contributed by atoms with Gasteiger partial charge in [-0.2, -0.15) is 0 Å².